The second kappa shape index (κ2) is 14.2. The van der Waals surface area contributed by atoms with E-state index in [0.717, 1.165) is 10.9 Å². The van der Waals surface area contributed by atoms with Gasteiger partial charge in [0.2, 0.25) is 23.6 Å². The lowest BCUT2D eigenvalue weighted by Crippen LogP contribution is -2.57. The average Bonchev–Trinajstić information content (AvgIpc) is 3.26. The third-order valence-corrected chi connectivity index (χ3v) is 5.48. The van der Waals surface area contributed by atoms with Crippen molar-refractivity contribution in [3.05, 3.63) is 36.0 Å². The lowest BCUT2D eigenvalue weighted by Gasteiger charge is -2.24. The number of carbonyl (C=O) groups is 5. The molecule has 0 fully saturated rings. The van der Waals surface area contributed by atoms with Gasteiger partial charge in [-0.15, -0.1) is 0 Å². The number of rotatable bonds is 15. The number of aliphatic imine (C=N–C) groups is 1. The van der Waals surface area contributed by atoms with Gasteiger partial charge in [0, 0.05) is 30.1 Å². The van der Waals surface area contributed by atoms with E-state index in [-0.39, 0.29) is 31.8 Å². The van der Waals surface area contributed by atoms with Crippen LogP contribution in [0.5, 0.6) is 0 Å². The van der Waals surface area contributed by atoms with Gasteiger partial charge in [-0.25, -0.2) is 0 Å². The van der Waals surface area contributed by atoms with Gasteiger partial charge in [0.1, 0.15) is 18.6 Å². The van der Waals surface area contributed by atoms with Crippen LogP contribution in [0.2, 0.25) is 0 Å². The Morgan fingerprint density at radius 2 is 1.66 bits per heavy atom. The first-order chi connectivity index (χ1) is 18.0. The standard InChI is InChI=1S/C23H33N9O6/c24-14(9-18(25)33)20(36)32-17(8-12-10-29-15-5-2-1-4-13(12)15)22(38)31-16(6-3-7-28-23(26)27)21(37)30-11-19(34)35/h1-2,4-5,10,14,16-17,29H,3,6-9,11,24H2,(H2,25,33)(H,30,37)(H,31,38)(H,32,36)(H,34,35)(H4,26,27,28). The Morgan fingerprint density at radius 1 is 0.974 bits per heavy atom. The lowest BCUT2D eigenvalue weighted by molar-refractivity contribution is -0.138. The molecule has 4 amide bonds. The number of hydrogen-bond donors (Lipinski definition) is 9. The largest absolute Gasteiger partial charge is 0.480 e. The Labute approximate surface area is 217 Å². The fourth-order valence-electron chi connectivity index (χ4n) is 3.65. The summed E-state index contributed by atoms with van der Waals surface area (Å²) in [4.78, 5) is 67.6. The second-order valence-corrected chi connectivity index (χ2v) is 8.52. The highest BCUT2D eigenvalue weighted by Gasteiger charge is 2.29. The molecule has 0 radical (unpaired) electrons. The summed E-state index contributed by atoms with van der Waals surface area (Å²) >= 11 is 0. The number of aromatic amines is 1. The predicted molar refractivity (Wildman–Crippen MR) is 138 cm³/mol. The summed E-state index contributed by atoms with van der Waals surface area (Å²) in [5.41, 5.74) is 23.0. The van der Waals surface area contributed by atoms with Gasteiger partial charge in [0.25, 0.3) is 0 Å². The molecule has 0 bridgehead atoms. The number of H-pyrrole nitrogens is 1. The van der Waals surface area contributed by atoms with Gasteiger partial charge in [0.05, 0.1) is 12.5 Å². The maximum Gasteiger partial charge on any atom is 0.322 e. The smallest absolute Gasteiger partial charge is 0.322 e. The number of aliphatic carboxylic acids is 1. The van der Waals surface area contributed by atoms with E-state index in [9.17, 15) is 24.0 Å². The van der Waals surface area contributed by atoms with Crippen molar-refractivity contribution in [1.82, 2.24) is 20.9 Å². The van der Waals surface area contributed by atoms with E-state index in [2.05, 4.69) is 25.9 Å². The van der Waals surface area contributed by atoms with Crippen LogP contribution in [0.15, 0.2) is 35.5 Å². The molecule has 206 valence electrons. The van der Waals surface area contributed by atoms with Crippen LogP contribution in [-0.2, 0) is 30.4 Å². The number of carbonyl (C=O) groups excluding carboxylic acids is 4. The SMILES string of the molecule is NC(=O)CC(N)C(=O)NC(Cc1c[nH]c2ccccc12)C(=O)NC(CCCN=C(N)N)C(=O)NCC(=O)O. The number of nitrogens with two attached hydrogens (primary N) is 4. The summed E-state index contributed by atoms with van der Waals surface area (Å²) < 4.78 is 0. The molecule has 3 atom stereocenters. The summed E-state index contributed by atoms with van der Waals surface area (Å²) in [5.74, 6) is -4.46. The molecule has 0 spiro atoms. The topological polar surface area (TPSA) is 274 Å². The molecule has 3 unspecified atom stereocenters. The fraction of sp³-hybridized carbons (Fsp3) is 0.391. The monoisotopic (exact) mass is 531 g/mol. The maximum atomic E-state index is 13.3. The molecular weight excluding hydrogens is 498 g/mol. The summed E-state index contributed by atoms with van der Waals surface area (Å²) in [6.45, 7) is -0.491. The van der Waals surface area contributed by atoms with Crippen LogP contribution >= 0.6 is 0 Å². The molecule has 0 aliphatic rings. The molecule has 13 N–H and O–H groups in total. The van der Waals surface area contributed by atoms with Crippen LogP contribution in [-0.4, -0.2) is 76.9 Å². The summed E-state index contributed by atoms with van der Waals surface area (Å²) in [6, 6.07) is 3.68. The number of amides is 4. The molecule has 2 rings (SSSR count). The molecule has 1 heterocycles. The van der Waals surface area contributed by atoms with Crippen LogP contribution in [0, 0.1) is 0 Å². The number of nitrogens with zero attached hydrogens (tertiary/aromatic N) is 1. The molecule has 1 aromatic carbocycles. The molecule has 38 heavy (non-hydrogen) atoms. The van der Waals surface area contributed by atoms with Gasteiger partial charge in [-0.1, -0.05) is 18.2 Å². The molecule has 0 saturated carbocycles. The predicted octanol–water partition coefficient (Wildman–Crippen LogP) is -2.86. The Kier molecular flexibility index (Phi) is 11.0. The molecule has 0 aliphatic heterocycles. The number of para-hydroxylation sites is 1. The molecule has 15 heteroatoms. The van der Waals surface area contributed by atoms with E-state index < -0.39 is 60.7 Å². The number of carboxylic acid groups (broad SMARTS) is 1. The van der Waals surface area contributed by atoms with Crippen LogP contribution in [0.4, 0.5) is 0 Å². The van der Waals surface area contributed by atoms with E-state index in [1.165, 1.54) is 0 Å². The fourth-order valence-corrected chi connectivity index (χ4v) is 3.65. The molecule has 15 nitrogen and oxygen atoms in total. The number of nitrogens with one attached hydrogen (secondary N) is 4. The number of aromatic nitrogens is 1. The Morgan fingerprint density at radius 3 is 2.32 bits per heavy atom. The minimum atomic E-state index is -1.29. The van der Waals surface area contributed by atoms with Crippen LogP contribution in [0.1, 0.15) is 24.8 Å². The zero-order valence-corrected chi connectivity index (χ0v) is 20.6. The highest BCUT2D eigenvalue weighted by molar-refractivity contribution is 5.95. The number of hydrogen-bond acceptors (Lipinski definition) is 7. The minimum Gasteiger partial charge on any atom is -0.480 e. The second-order valence-electron chi connectivity index (χ2n) is 8.52. The first-order valence-corrected chi connectivity index (χ1v) is 11.7. The van der Waals surface area contributed by atoms with Crippen molar-refractivity contribution < 1.29 is 29.1 Å². The lowest BCUT2D eigenvalue weighted by atomic mass is 10.0. The van der Waals surface area contributed by atoms with Crippen molar-refractivity contribution in [3.8, 4) is 0 Å². The van der Waals surface area contributed by atoms with Gasteiger partial charge in [-0.05, 0) is 24.5 Å². The normalized spacial score (nSPS) is 13.1. The summed E-state index contributed by atoms with van der Waals surface area (Å²) in [6.07, 6.45) is 1.63. The molecular formula is C23H33N9O6. The van der Waals surface area contributed by atoms with Crippen molar-refractivity contribution >= 4 is 46.5 Å². The van der Waals surface area contributed by atoms with Crippen molar-refractivity contribution in [2.24, 2.45) is 27.9 Å². The van der Waals surface area contributed by atoms with Gasteiger partial charge in [-0.2, -0.15) is 0 Å². The van der Waals surface area contributed by atoms with Gasteiger partial charge in [0.15, 0.2) is 5.96 Å². The summed E-state index contributed by atoms with van der Waals surface area (Å²) in [7, 11) is 0. The van der Waals surface area contributed by atoms with E-state index in [0.29, 0.717) is 5.56 Å². The Bertz CT molecular complexity index is 1190. The number of primary amides is 1. The first kappa shape index (κ1) is 29.6. The molecule has 0 saturated heterocycles. The molecule has 2 aromatic rings. The quantitative estimate of drug-likeness (QED) is 0.0648. The maximum absolute atomic E-state index is 13.3. The first-order valence-electron chi connectivity index (χ1n) is 11.7. The third-order valence-electron chi connectivity index (χ3n) is 5.48. The van der Waals surface area contributed by atoms with Crippen LogP contribution < -0.4 is 38.9 Å². The summed E-state index contributed by atoms with van der Waals surface area (Å²) in [5, 5.41) is 17.0. The van der Waals surface area contributed by atoms with Crippen molar-refractivity contribution in [2.75, 3.05) is 13.1 Å². The zero-order chi connectivity index (χ0) is 28.2. The number of benzene rings is 1. The minimum absolute atomic E-state index is 0.0162. The van der Waals surface area contributed by atoms with E-state index in [4.69, 9.17) is 28.0 Å². The number of guanidine groups is 1. The zero-order valence-electron chi connectivity index (χ0n) is 20.6. The van der Waals surface area contributed by atoms with Gasteiger partial charge in [-0.3, -0.25) is 29.0 Å². The van der Waals surface area contributed by atoms with E-state index in [1.54, 1.807) is 6.20 Å². The number of carboxylic acids is 1. The average molecular weight is 532 g/mol. The van der Waals surface area contributed by atoms with Crippen molar-refractivity contribution in [3.63, 3.8) is 0 Å². The highest BCUT2D eigenvalue weighted by atomic mass is 16.4. The van der Waals surface area contributed by atoms with Crippen LogP contribution in [0.3, 0.4) is 0 Å². The van der Waals surface area contributed by atoms with Gasteiger partial charge < -0.3 is 49.0 Å². The van der Waals surface area contributed by atoms with E-state index in [1.807, 2.05) is 24.3 Å². The number of fused-ring (bicyclic) bond motifs is 1. The molecule has 0 aliphatic carbocycles. The van der Waals surface area contributed by atoms with E-state index >= 15 is 0 Å². The molecule has 1 aromatic heterocycles. The Balaban J connectivity index is 2.26. The van der Waals surface area contributed by atoms with Crippen LogP contribution in [0.25, 0.3) is 10.9 Å². The Hall–Kier alpha value is -4.66. The third kappa shape index (κ3) is 9.42. The van der Waals surface area contributed by atoms with Crippen molar-refractivity contribution in [2.45, 2.75) is 43.8 Å². The highest BCUT2D eigenvalue weighted by Crippen LogP contribution is 2.19. The van der Waals surface area contributed by atoms with Gasteiger partial charge >= 0.3 is 5.97 Å². The van der Waals surface area contributed by atoms with Crippen molar-refractivity contribution in [1.29, 1.82) is 0 Å².